The lowest BCUT2D eigenvalue weighted by molar-refractivity contribution is 0.231. The fourth-order valence-electron chi connectivity index (χ4n) is 2.44. The fourth-order valence-corrected chi connectivity index (χ4v) is 2.44. The third-order valence-corrected chi connectivity index (χ3v) is 3.52. The molecule has 0 radical (unpaired) electrons. The zero-order valence-electron chi connectivity index (χ0n) is 14.3. The molecule has 0 spiro atoms. The van der Waals surface area contributed by atoms with Crippen molar-refractivity contribution in [3.8, 4) is 5.75 Å². The summed E-state index contributed by atoms with van der Waals surface area (Å²) in [6, 6.07) is 6.47. The van der Waals surface area contributed by atoms with Gasteiger partial charge in [0, 0.05) is 31.7 Å². The second-order valence-electron chi connectivity index (χ2n) is 5.76. The van der Waals surface area contributed by atoms with Crippen molar-refractivity contribution in [2.75, 3.05) is 47.9 Å². The Morgan fingerprint density at radius 1 is 1.14 bits per heavy atom. The van der Waals surface area contributed by atoms with E-state index in [1.54, 1.807) is 7.11 Å². The summed E-state index contributed by atoms with van der Waals surface area (Å²) in [5.74, 6) is 0.987. The maximum Gasteiger partial charge on any atom is 0.123 e. The summed E-state index contributed by atoms with van der Waals surface area (Å²) in [6.45, 7) is 7.36. The van der Waals surface area contributed by atoms with E-state index in [0.29, 0.717) is 0 Å². The van der Waals surface area contributed by atoms with Gasteiger partial charge in [0.2, 0.25) is 0 Å². The average molecular weight is 293 g/mol. The van der Waals surface area contributed by atoms with Gasteiger partial charge in [0.25, 0.3) is 0 Å². The number of benzene rings is 1. The molecule has 120 valence electrons. The summed E-state index contributed by atoms with van der Waals surface area (Å²) < 4.78 is 5.53. The van der Waals surface area contributed by atoms with Gasteiger partial charge in [0.05, 0.1) is 7.11 Å². The first-order valence-electron chi connectivity index (χ1n) is 7.78. The minimum absolute atomic E-state index is 0.891. The number of nitrogens with zero attached hydrogens (tertiary/aromatic N) is 2. The normalized spacial score (nSPS) is 11.4. The molecule has 0 atom stereocenters. The largest absolute Gasteiger partial charge is 0.496 e. The van der Waals surface area contributed by atoms with Gasteiger partial charge in [-0.2, -0.15) is 0 Å². The molecule has 1 aromatic carbocycles. The number of hydrogen-bond acceptors (Lipinski definition) is 4. The first-order chi connectivity index (χ1) is 10.1. The second-order valence-corrected chi connectivity index (χ2v) is 5.76. The Morgan fingerprint density at radius 3 is 2.48 bits per heavy atom. The lowest BCUT2D eigenvalue weighted by Gasteiger charge is -2.24. The zero-order valence-corrected chi connectivity index (χ0v) is 14.3. The highest BCUT2D eigenvalue weighted by molar-refractivity contribution is 5.37. The van der Waals surface area contributed by atoms with Gasteiger partial charge < -0.3 is 15.0 Å². The lowest BCUT2D eigenvalue weighted by Crippen LogP contribution is -2.32. The number of likely N-dealkylation sites (N-methyl/N-ethyl adjacent to an activating group) is 1. The standard InChI is InChI=1S/C17H31N3O/c1-6-9-20(11-10-19(3)4)14-16-12-15(13-18-2)7-8-17(16)21-5/h7-8,12,18H,6,9-11,13-14H2,1-5H3. The highest BCUT2D eigenvalue weighted by atomic mass is 16.5. The first-order valence-corrected chi connectivity index (χ1v) is 7.78. The monoisotopic (exact) mass is 293 g/mol. The van der Waals surface area contributed by atoms with Crippen LogP contribution in [0, 0.1) is 0 Å². The Balaban J connectivity index is 2.81. The number of methoxy groups -OCH3 is 1. The van der Waals surface area contributed by atoms with Gasteiger partial charge in [-0.25, -0.2) is 0 Å². The summed E-state index contributed by atoms with van der Waals surface area (Å²) in [5, 5.41) is 3.21. The summed E-state index contributed by atoms with van der Waals surface area (Å²) in [6.07, 6.45) is 1.17. The minimum atomic E-state index is 0.891. The Morgan fingerprint density at radius 2 is 1.90 bits per heavy atom. The molecule has 0 saturated carbocycles. The van der Waals surface area contributed by atoms with E-state index in [-0.39, 0.29) is 0 Å². The molecule has 0 aliphatic rings. The van der Waals surface area contributed by atoms with E-state index in [2.05, 4.69) is 54.3 Å². The topological polar surface area (TPSA) is 27.7 Å². The number of hydrogen-bond donors (Lipinski definition) is 1. The maximum absolute atomic E-state index is 5.53. The van der Waals surface area contributed by atoms with Gasteiger partial charge in [-0.05, 0) is 51.8 Å². The molecule has 1 rings (SSSR count). The fraction of sp³-hybridized carbons (Fsp3) is 0.647. The zero-order chi connectivity index (χ0) is 15.7. The van der Waals surface area contributed by atoms with Crippen LogP contribution in [-0.2, 0) is 13.1 Å². The molecule has 1 N–H and O–H groups in total. The molecule has 0 heterocycles. The van der Waals surface area contributed by atoms with Crippen molar-refractivity contribution < 1.29 is 4.74 Å². The van der Waals surface area contributed by atoms with Gasteiger partial charge in [0.1, 0.15) is 5.75 Å². The van der Waals surface area contributed by atoms with Crippen molar-refractivity contribution in [2.45, 2.75) is 26.4 Å². The van der Waals surface area contributed by atoms with E-state index in [4.69, 9.17) is 4.74 Å². The Bertz CT molecular complexity index is 407. The van der Waals surface area contributed by atoms with Crippen molar-refractivity contribution >= 4 is 0 Å². The van der Waals surface area contributed by atoms with Crippen LogP contribution in [0.2, 0.25) is 0 Å². The van der Waals surface area contributed by atoms with Crippen LogP contribution in [0.25, 0.3) is 0 Å². The average Bonchev–Trinajstić information content (AvgIpc) is 2.45. The first kappa shape index (κ1) is 18.0. The Labute approximate surface area is 130 Å². The highest BCUT2D eigenvalue weighted by Gasteiger charge is 2.10. The van der Waals surface area contributed by atoms with Crippen LogP contribution in [0.1, 0.15) is 24.5 Å². The van der Waals surface area contributed by atoms with Crippen molar-refractivity contribution in [2.24, 2.45) is 0 Å². The summed E-state index contributed by atoms with van der Waals surface area (Å²) in [7, 11) is 7.97. The SMILES string of the molecule is CCCN(CCN(C)C)Cc1cc(CNC)ccc1OC. The molecule has 0 bridgehead atoms. The van der Waals surface area contributed by atoms with Crippen LogP contribution in [-0.4, -0.2) is 57.7 Å². The molecule has 4 heteroatoms. The molecule has 0 unspecified atom stereocenters. The number of nitrogens with one attached hydrogen (secondary N) is 1. The van der Waals surface area contributed by atoms with E-state index in [9.17, 15) is 0 Å². The van der Waals surface area contributed by atoms with E-state index in [1.165, 1.54) is 17.5 Å². The summed E-state index contributed by atoms with van der Waals surface area (Å²) in [4.78, 5) is 4.73. The molecule has 0 aromatic heterocycles. The predicted molar refractivity (Wildman–Crippen MR) is 89.9 cm³/mol. The third-order valence-electron chi connectivity index (χ3n) is 3.52. The van der Waals surface area contributed by atoms with Gasteiger partial charge in [0.15, 0.2) is 0 Å². The van der Waals surface area contributed by atoms with Gasteiger partial charge in [-0.15, -0.1) is 0 Å². The molecule has 0 amide bonds. The van der Waals surface area contributed by atoms with Crippen molar-refractivity contribution in [3.05, 3.63) is 29.3 Å². The molecule has 0 aliphatic heterocycles. The van der Waals surface area contributed by atoms with Crippen molar-refractivity contribution in [3.63, 3.8) is 0 Å². The van der Waals surface area contributed by atoms with Crippen LogP contribution < -0.4 is 10.1 Å². The Hall–Kier alpha value is -1.10. The van der Waals surface area contributed by atoms with Gasteiger partial charge in [-0.3, -0.25) is 4.90 Å². The molecule has 0 aliphatic carbocycles. The van der Waals surface area contributed by atoms with Crippen molar-refractivity contribution in [1.29, 1.82) is 0 Å². The lowest BCUT2D eigenvalue weighted by atomic mass is 10.1. The Kier molecular flexibility index (Phi) is 8.35. The quantitative estimate of drug-likeness (QED) is 0.716. The van der Waals surface area contributed by atoms with E-state index >= 15 is 0 Å². The highest BCUT2D eigenvalue weighted by Crippen LogP contribution is 2.22. The second kappa shape index (κ2) is 9.77. The minimum Gasteiger partial charge on any atom is -0.496 e. The smallest absolute Gasteiger partial charge is 0.123 e. The summed E-state index contributed by atoms with van der Waals surface area (Å²) >= 11 is 0. The van der Waals surface area contributed by atoms with E-state index < -0.39 is 0 Å². The van der Waals surface area contributed by atoms with Crippen LogP contribution in [0.15, 0.2) is 18.2 Å². The van der Waals surface area contributed by atoms with Gasteiger partial charge in [-0.1, -0.05) is 13.0 Å². The van der Waals surface area contributed by atoms with Crippen LogP contribution in [0.5, 0.6) is 5.75 Å². The number of rotatable bonds is 10. The van der Waals surface area contributed by atoms with Gasteiger partial charge >= 0.3 is 0 Å². The predicted octanol–water partition coefficient (Wildman–Crippen LogP) is 2.19. The van der Waals surface area contributed by atoms with Crippen molar-refractivity contribution in [1.82, 2.24) is 15.1 Å². The third kappa shape index (κ3) is 6.46. The maximum atomic E-state index is 5.53. The van der Waals surface area contributed by atoms with Crippen LogP contribution >= 0.6 is 0 Å². The van der Waals surface area contributed by atoms with E-state index in [0.717, 1.165) is 38.5 Å². The molecular weight excluding hydrogens is 262 g/mol. The van der Waals surface area contributed by atoms with Crippen LogP contribution in [0.3, 0.4) is 0 Å². The summed E-state index contributed by atoms with van der Waals surface area (Å²) in [5.41, 5.74) is 2.58. The van der Waals surface area contributed by atoms with E-state index in [1.807, 2.05) is 7.05 Å². The molecule has 0 fully saturated rings. The molecule has 4 nitrogen and oxygen atoms in total. The number of ether oxygens (including phenoxy) is 1. The molecule has 1 aromatic rings. The molecule has 0 saturated heterocycles. The van der Waals surface area contributed by atoms with Crippen LogP contribution in [0.4, 0.5) is 0 Å². The molecular formula is C17H31N3O. The molecule has 21 heavy (non-hydrogen) atoms.